The van der Waals surface area contributed by atoms with Crippen molar-refractivity contribution in [2.45, 2.75) is 13.0 Å². The summed E-state index contributed by atoms with van der Waals surface area (Å²) < 4.78 is 5.03. The third-order valence-corrected chi connectivity index (χ3v) is 2.50. The molecular formula is C14H22N4O2. The van der Waals surface area contributed by atoms with Gasteiger partial charge in [0.05, 0.1) is 13.2 Å². The fourth-order valence-electron chi connectivity index (χ4n) is 1.61. The minimum atomic E-state index is -0.126. The highest BCUT2D eigenvalue weighted by atomic mass is 16.5. The second-order valence-corrected chi connectivity index (χ2v) is 4.34. The Labute approximate surface area is 119 Å². The number of methoxy groups -OCH3 is 1. The maximum absolute atomic E-state index is 11.8. The number of nitrogens with zero attached hydrogens (tertiary/aromatic N) is 1. The van der Waals surface area contributed by atoms with Gasteiger partial charge in [0.2, 0.25) is 5.91 Å². The second-order valence-electron chi connectivity index (χ2n) is 4.34. The molecule has 6 heteroatoms. The topological polar surface area (TPSA) is 74.8 Å². The Kier molecular flexibility index (Phi) is 7.13. The molecule has 3 N–H and O–H groups in total. The fraction of sp³-hybridized carbons (Fsp3) is 0.429. The lowest BCUT2D eigenvalue weighted by atomic mass is 10.3. The summed E-state index contributed by atoms with van der Waals surface area (Å²) in [5.41, 5.74) is 0.773. The highest BCUT2D eigenvalue weighted by molar-refractivity contribution is 5.94. The number of benzene rings is 1. The maximum Gasteiger partial charge on any atom is 0.243 e. The van der Waals surface area contributed by atoms with Crippen LogP contribution in [0.3, 0.4) is 0 Å². The molecule has 110 valence electrons. The largest absolute Gasteiger partial charge is 0.383 e. The van der Waals surface area contributed by atoms with E-state index < -0.39 is 0 Å². The molecule has 0 radical (unpaired) electrons. The molecule has 0 aliphatic carbocycles. The van der Waals surface area contributed by atoms with Gasteiger partial charge in [-0.2, -0.15) is 0 Å². The molecule has 0 saturated carbocycles. The quantitative estimate of drug-likeness (QED) is 0.532. The van der Waals surface area contributed by atoms with E-state index in [4.69, 9.17) is 4.74 Å². The standard InChI is InChI=1S/C14H22N4O2/c1-11(10-20-3)17-14(15-2)16-9-13(19)18-12-7-5-4-6-8-12/h4-8,11H,9-10H2,1-3H3,(H,18,19)(H2,15,16,17). The highest BCUT2D eigenvalue weighted by Crippen LogP contribution is 2.03. The van der Waals surface area contributed by atoms with Crippen LogP contribution in [-0.4, -0.2) is 45.2 Å². The van der Waals surface area contributed by atoms with Crippen molar-refractivity contribution >= 4 is 17.6 Å². The SMILES string of the molecule is CN=C(NCC(=O)Nc1ccccc1)NC(C)COC. The minimum Gasteiger partial charge on any atom is -0.383 e. The molecule has 0 fully saturated rings. The molecule has 1 aromatic rings. The summed E-state index contributed by atoms with van der Waals surface area (Å²) in [7, 11) is 3.30. The van der Waals surface area contributed by atoms with Gasteiger partial charge in [0, 0.05) is 25.9 Å². The summed E-state index contributed by atoms with van der Waals surface area (Å²) in [6.07, 6.45) is 0. The van der Waals surface area contributed by atoms with Crippen molar-refractivity contribution < 1.29 is 9.53 Å². The van der Waals surface area contributed by atoms with Crippen LogP contribution in [0.2, 0.25) is 0 Å². The molecule has 1 aromatic carbocycles. The van der Waals surface area contributed by atoms with Crippen LogP contribution in [0.4, 0.5) is 5.69 Å². The fourth-order valence-corrected chi connectivity index (χ4v) is 1.61. The first-order valence-electron chi connectivity index (χ1n) is 6.46. The van der Waals surface area contributed by atoms with E-state index in [9.17, 15) is 4.79 Å². The van der Waals surface area contributed by atoms with Crippen LogP contribution in [0, 0.1) is 0 Å². The summed E-state index contributed by atoms with van der Waals surface area (Å²) >= 11 is 0. The Morgan fingerprint density at radius 2 is 2.05 bits per heavy atom. The number of hydrogen-bond donors (Lipinski definition) is 3. The molecule has 0 aliphatic heterocycles. The van der Waals surface area contributed by atoms with Crippen molar-refractivity contribution in [1.82, 2.24) is 10.6 Å². The Morgan fingerprint density at radius 1 is 1.35 bits per heavy atom. The lowest BCUT2D eigenvalue weighted by molar-refractivity contribution is -0.115. The first-order valence-corrected chi connectivity index (χ1v) is 6.46. The molecule has 0 spiro atoms. The van der Waals surface area contributed by atoms with Crippen LogP contribution in [0.5, 0.6) is 0 Å². The third kappa shape index (κ3) is 6.19. The smallest absolute Gasteiger partial charge is 0.243 e. The van der Waals surface area contributed by atoms with Crippen molar-refractivity contribution in [1.29, 1.82) is 0 Å². The predicted molar refractivity (Wildman–Crippen MR) is 80.9 cm³/mol. The maximum atomic E-state index is 11.8. The molecule has 0 bridgehead atoms. The molecule has 0 aromatic heterocycles. The number of amides is 1. The molecule has 20 heavy (non-hydrogen) atoms. The lowest BCUT2D eigenvalue weighted by Gasteiger charge is -2.17. The Bertz CT molecular complexity index is 434. The van der Waals surface area contributed by atoms with Crippen LogP contribution in [0.1, 0.15) is 6.92 Å². The molecule has 0 saturated heterocycles. The lowest BCUT2D eigenvalue weighted by Crippen LogP contribution is -2.46. The van der Waals surface area contributed by atoms with Crippen molar-refractivity contribution in [2.24, 2.45) is 4.99 Å². The van der Waals surface area contributed by atoms with E-state index in [0.717, 1.165) is 5.69 Å². The zero-order chi connectivity index (χ0) is 14.8. The normalized spacial score (nSPS) is 12.7. The number of nitrogens with one attached hydrogen (secondary N) is 3. The Balaban J connectivity index is 2.35. The molecule has 1 amide bonds. The number of hydrogen-bond acceptors (Lipinski definition) is 3. The number of para-hydroxylation sites is 1. The van der Waals surface area contributed by atoms with Crippen molar-refractivity contribution in [3.05, 3.63) is 30.3 Å². The van der Waals surface area contributed by atoms with Gasteiger partial charge in [-0.3, -0.25) is 9.79 Å². The second kappa shape index (κ2) is 8.92. The molecule has 1 unspecified atom stereocenters. The van der Waals surface area contributed by atoms with E-state index in [0.29, 0.717) is 12.6 Å². The summed E-state index contributed by atoms with van der Waals surface area (Å²) in [4.78, 5) is 15.8. The molecule has 1 atom stereocenters. The number of carbonyl (C=O) groups excluding carboxylic acids is 1. The van der Waals surface area contributed by atoms with Gasteiger partial charge in [-0.15, -0.1) is 0 Å². The first-order chi connectivity index (χ1) is 9.65. The van der Waals surface area contributed by atoms with Gasteiger partial charge in [-0.1, -0.05) is 18.2 Å². The van der Waals surface area contributed by atoms with Crippen LogP contribution < -0.4 is 16.0 Å². The minimum absolute atomic E-state index is 0.114. The van der Waals surface area contributed by atoms with E-state index in [2.05, 4.69) is 20.9 Å². The zero-order valence-electron chi connectivity index (χ0n) is 12.1. The summed E-state index contributed by atoms with van der Waals surface area (Å²) in [6, 6.07) is 9.43. The van der Waals surface area contributed by atoms with Gasteiger partial charge in [0.1, 0.15) is 0 Å². The van der Waals surface area contributed by atoms with Gasteiger partial charge in [0.25, 0.3) is 0 Å². The summed E-state index contributed by atoms with van der Waals surface area (Å²) in [6.45, 7) is 2.69. The van der Waals surface area contributed by atoms with E-state index in [-0.39, 0.29) is 18.5 Å². The Morgan fingerprint density at radius 3 is 2.65 bits per heavy atom. The van der Waals surface area contributed by atoms with Crippen LogP contribution >= 0.6 is 0 Å². The van der Waals surface area contributed by atoms with Gasteiger partial charge in [0.15, 0.2) is 5.96 Å². The molecule has 0 heterocycles. The number of aliphatic imine (C=N–C) groups is 1. The van der Waals surface area contributed by atoms with Crippen LogP contribution in [0.25, 0.3) is 0 Å². The first kappa shape index (κ1) is 16.0. The molecular weight excluding hydrogens is 256 g/mol. The summed E-state index contributed by atoms with van der Waals surface area (Å²) in [5, 5.41) is 8.86. The van der Waals surface area contributed by atoms with Gasteiger partial charge in [-0.05, 0) is 19.1 Å². The van der Waals surface area contributed by atoms with Crippen molar-refractivity contribution in [3.63, 3.8) is 0 Å². The van der Waals surface area contributed by atoms with Gasteiger partial charge >= 0.3 is 0 Å². The van der Waals surface area contributed by atoms with Gasteiger partial charge in [-0.25, -0.2) is 0 Å². The monoisotopic (exact) mass is 278 g/mol. The van der Waals surface area contributed by atoms with Crippen molar-refractivity contribution in [2.75, 3.05) is 32.6 Å². The van der Waals surface area contributed by atoms with Crippen LogP contribution in [-0.2, 0) is 9.53 Å². The average Bonchev–Trinajstić information content (AvgIpc) is 2.44. The number of anilines is 1. The molecule has 1 rings (SSSR count). The van der Waals surface area contributed by atoms with E-state index >= 15 is 0 Å². The van der Waals surface area contributed by atoms with Gasteiger partial charge < -0.3 is 20.7 Å². The van der Waals surface area contributed by atoms with E-state index in [1.807, 2.05) is 37.3 Å². The molecule has 6 nitrogen and oxygen atoms in total. The number of rotatable bonds is 6. The molecule has 0 aliphatic rings. The number of guanidine groups is 1. The van der Waals surface area contributed by atoms with E-state index in [1.165, 1.54) is 0 Å². The van der Waals surface area contributed by atoms with E-state index in [1.54, 1.807) is 14.2 Å². The number of ether oxygens (including phenoxy) is 1. The Hall–Kier alpha value is -2.08. The predicted octanol–water partition coefficient (Wildman–Crippen LogP) is 0.825. The average molecular weight is 278 g/mol. The zero-order valence-corrected chi connectivity index (χ0v) is 12.1. The van der Waals surface area contributed by atoms with Crippen molar-refractivity contribution in [3.8, 4) is 0 Å². The highest BCUT2D eigenvalue weighted by Gasteiger charge is 2.07. The third-order valence-electron chi connectivity index (χ3n) is 2.50. The number of carbonyl (C=O) groups is 1. The van der Waals surface area contributed by atoms with Crippen LogP contribution in [0.15, 0.2) is 35.3 Å². The summed E-state index contributed by atoms with van der Waals surface area (Å²) in [5.74, 6) is 0.441.